The Labute approximate surface area is 144 Å². The van der Waals surface area contributed by atoms with Crippen LogP contribution in [-0.4, -0.2) is 29.6 Å². The van der Waals surface area contributed by atoms with Crippen LogP contribution in [0.5, 0.6) is 0 Å². The van der Waals surface area contributed by atoms with Crippen molar-refractivity contribution in [3.05, 3.63) is 11.6 Å². The maximum atomic E-state index is 13.0. The van der Waals surface area contributed by atoms with Crippen molar-refractivity contribution in [1.82, 2.24) is 0 Å². The van der Waals surface area contributed by atoms with Gasteiger partial charge in [-0.3, -0.25) is 9.59 Å². The van der Waals surface area contributed by atoms with Crippen molar-refractivity contribution < 1.29 is 19.1 Å². The van der Waals surface area contributed by atoms with E-state index in [0.29, 0.717) is 13.0 Å². The van der Waals surface area contributed by atoms with Gasteiger partial charge in [0.2, 0.25) is 0 Å². The molecule has 4 rings (SSSR count). The average molecular weight is 332 g/mol. The Morgan fingerprint density at radius 1 is 1.08 bits per heavy atom. The normalized spacial score (nSPS) is 47.0. The summed E-state index contributed by atoms with van der Waals surface area (Å²) in [6, 6.07) is 0. The van der Waals surface area contributed by atoms with E-state index in [1.54, 1.807) is 0 Å². The summed E-state index contributed by atoms with van der Waals surface area (Å²) in [4.78, 5) is 24.7. The van der Waals surface area contributed by atoms with Crippen molar-refractivity contribution in [1.29, 1.82) is 0 Å². The minimum atomic E-state index is -0.484. The van der Waals surface area contributed by atoms with Gasteiger partial charge in [0, 0.05) is 11.3 Å². The van der Waals surface area contributed by atoms with Gasteiger partial charge in [-0.25, -0.2) is 0 Å². The maximum absolute atomic E-state index is 13.0. The van der Waals surface area contributed by atoms with Crippen LogP contribution in [0.3, 0.4) is 0 Å². The lowest BCUT2D eigenvalue weighted by Crippen LogP contribution is -2.62. The summed E-state index contributed by atoms with van der Waals surface area (Å²) >= 11 is 0. The van der Waals surface area contributed by atoms with Gasteiger partial charge in [0.15, 0.2) is 5.78 Å². The Kier molecular flexibility index (Phi) is 3.21. The van der Waals surface area contributed by atoms with Crippen LogP contribution >= 0.6 is 0 Å². The van der Waals surface area contributed by atoms with Gasteiger partial charge in [-0.2, -0.15) is 0 Å². The molecular formula is C20H28O4. The van der Waals surface area contributed by atoms with Gasteiger partial charge < -0.3 is 9.47 Å². The summed E-state index contributed by atoms with van der Waals surface area (Å²) in [7, 11) is 0. The molecule has 2 saturated heterocycles. The van der Waals surface area contributed by atoms with Crippen molar-refractivity contribution in [2.75, 3.05) is 6.61 Å². The summed E-state index contributed by atoms with van der Waals surface area (Å²) in [6.07, 6.45) is 7.09. The first-order chi connectivity index (χ1) is 11.1. The standard InChI is InChI=1S/C20H28O4/c1-13-10-14(21)16-17(2,3)6-5-7-18(16,4)20(13)9-8-19(24-20)11-15(22)23-12-19/h10,16H,5-9,11-12H2,1-4H3/t16-,18+,19-,20+/m1/s1. The van der Waals surface area contributed by atoms with Gasteiger partial charge in [0.25, 0.3) is 0 Å². The first-order valence-corrected chi connectivity index (χ1v) is 9.23. The van der Waals surface area contributed by atoms with Crippen LogP contribution in [0.25, 0.3) is 0 Å². The lowest BCUT2D eigenvalue weighted by Gasteiger charge is -2.60. The zero-order valence-corrected chi connectivity index (χ0v) is 15.2. The van der Waals surface area contributed by atoms with Gasteiger partial charge in [0.05, 0.1) is 12.0 Å². The number of fused-ring (bicyclic) bond motifs is 2. The molecule has 4 heteroatoms. The molecule has 0 amide bonds. The Bertz CT molecular complexity index is 648. The van der Waals surface area contributed by atoms with E-state index >= 15 is 0 Å². The fraction of sp³-hybridized carbons (Fsp3) is 0.800. The third-order valence-corrected chi connectivity index (χ3v) is 7.42. The average Bonchev–Trinajstić information content (AvgIpc) is 3.01. The molecule has 4 atom stereocenters. The Hall–Kier alpha value is -1.16. The number of carbonyl (C=O) groups excluding carboxylic acids is 2. The van der Waals surface area contributed by atoms with E-state index in [4.69, 9.17) is 9.47 Å². The highest BCUT2D eigenvalue weighted by Gasteiger charge is 2.68. The molecule has 0 unspecified atom stereocenters. The van der Waals surface area contributed by atoms with Crippen molar-refractivity contribution in [3.8, 4) is 0 Å². The highest BCUT2D eigenvalue weighted by Crippen LogP contribution is 2.65. The molecule has 3 fully saturated rings. The number of ketones is 1. The Morgan fingerprint density at radius 2 is 1.83 bits per heavy atom. The molecule has 2 aliphatic heterocycles. The number of cyclic esters (lactones) is 1. The monoisotopic (exact) mass is 332 g/mol. The van der Waals surface area contributed by atoms with Crippen molar-refractivity contribution in [2.24, 2.45) is 16.7 Å². The second-order valence-corrected chi connectivity index (χ2v) is 9.37. The van der Waals surface area contributed by atoms with E-state index in [0.717, 1.165) is 37.7 Å². The van der Waals surface area contributed by atoms with E-state index in [-0.39, 0.29) is 28.5 Å². The number of carbonyl (C=O) groups is 2. The fourth-order valence-electron chi connectivity index (χ4n) is 6.42. The highest BCUT2D eigenvalue weighted by atomic mass is 16.6. The molecule has 0 aromatic heterocycles. The zero-order chi connectivity index (χ0) is 17.4. The Morgan fingerprint density at radius 3 is 2.50 bits per heavy atom. The first-order valence-electron chi connectivity index (χ1n) is 9.23. The summed E-state index contributed by atoms with van der Waals surface area (Å²) < 4.78 is 12.0. The summed E-state index contributed by atoms with van der Waals surface area (Å²) in [5.74, 6) is 0.0792. The van der Waals surface area contributed by atoms with E-state index in [1.165, 1.54) is 0 Å². The second kappa shape index (κ2) is 4.72. The van der Waals surface area contributed by atoms with Crippen LogP contribution in [0, 0.1) is 16.7 Å². The smallest absolute Gasteiger partial charge is 0.308 e. The SMILES string of the molecule is CC1=CC(=O)[C@@H]2C(C)(C)CCC[C@]2(C)[C@]12CC[C@@]1(COC(=O)C1)O2. The third kappa shape index (κ3) is 1.89. The van der Waals surface area contributed by atoms with Crippen LogP contribution in [-0.2, 0) is 19.1 Å². The fourth-order valence-corrected chi connectivity index (χ4v) is 6.42. The van der Waals surface area contributed by atoms with E-state index in [1.807, 2.05) is 13.0 Å². The second-order valence-electron chi connectivity index (χ2n) is 9.37. The van der Waals surface area contributed by atoms with Gasteiger partial charge in [-0.15, -0.1) is 0 Å². The Balaban J connectivity index is 1.81. The van der Waals surface area contributed by atoms with Gasteiger partial charge in [0.1, 0.15) is 12.2 Å². The molecule has 0 N–H and O–H groups in total. The summed E-state index contributed by atoms with van der Waals surface area (Å²) in [5, 5.41) is 0. The molecule has 4 aliphatic rings. The molecule has 0 radical (unpaired) electrons. The summed E-state index contributed by atoms with van der Waals surface area (Å²) in [6.45, 7) is 9.10. The minimum absolute atomic E-state index is 0.0179. The molecule has 132 valence electrons. The number of esters is 1. The van der Waals surface area contributed by atoms with Gasteiger partial charge >= 0.3 is 5.97 Å². The molecule has 1 saturated carbocycles. The molecule has 0 aromatic rings. The van der Waals surface area contributed by atoms with Crippen LogP contribution in [0.2, 0.25) is 0 Å². The topological polar surface area (TPSA) is 52.6 Å². The lowest BCUT2D eigenvalue weighted by molar-refractivity contribution is -0.193. The van der Waals surface area contributed by atoms with Crippen LogP contribution in [0.1, 0.15) is 66.2 Å². The predicted molar refractivity (Wildman–Crippen MR) is 89.4 cm³/mol. The molecule has 24 heavy (non-hydrogen) atoms. The number of hydrogen-bond acceptors (Lipinski definition) is 4. The van der Waals surface area contributed by atoms with E-state index in [9.17, 15) is 9.59 Å². The maximum Gasteiger partial charge on any atom is 0.308 e. The van der Waals surface area contributed by atoms with Gasteiger partial charge in [-0.1, -0.05) is 27.2 Å². The van der Waals surface area contributed by atoms with E-state index < -0.39 is 11.2 Å². The predicted octanol–water partition coefficient (Wildman–Crippen LogP) is 3.58. The number of ether oxygens (including phenoxy) is 2. The summed E-state index contributed by atoms with van der Waals surface area (Å²) in [5.41, 5.74) is -0.103. The van der Waals surface area contributed by atoms with E-state index in [2.05, 4.69) is 20.8 Å². The number of allylic oxidation sites excluding steroid dienone is 1. The highest BCUT2D eigenvalue weighted by molar-refractivity contribution is 5.95. The van der Waals surface area contributed by atoms with Crippen LogP contribution in [0.4, 0.5) is 0 Å². The quantitative estimate of drug-likeness (QED) is 0.636. The van der Waals surface area contributed by atoms with Crippen molar-refractivity contribution in [3.63, 3.8) is 0 Å². The lowest BCUT2D eigenvalue weighted by atomic mass is 9.46. The first kappa shape index (κ1) is 16.3. The van der Waals surface area contributed by atoms with Gasteiger partial charge in [-0.05, 0) is 49.7 Å². The molecule has 2 heterocycles. The number of rotatable bonds is 0. The molecule has 0 aromatic carbocycles. The van der Waals surface area contributed by atoms with Crippen LogP contribution in [0.15, 0.2) is 11.6 Å². The molecular weight excluding hydrogens is 304 g/mol. The third-order valence-electron chi connectivity index (χ3n) is 7.42. The van der Waals surface area contributed by atoms with Crippen LogP contribution < -0.4 is 0 Å². The van der Waals surface area contributed by atoms with Crippen molar-refractivity contribution >= 4 is 11.8 Å². The van der Waals surface area contributed by atoms with Crippen molar-refractivity contribution in [2.45, 2.75) is 77.4 Å². The molecule has 2 aliphatic carbocycles. The molecule has 2 spiro atoms. The minimum Gasteiger partial charge on any atom is -0.463 e. The molecule has 0 bridgehead atoms. The zero-order valence-electron chi connectivity index (χ0n) is 15.2. The number of hydrogen-bond donors (Lipinski definition) is 0. The molecule has 4 nitrogen and oxygen atoms in total. The largest absolute Gasteiger partial charge is 0.463 e.